The molecular formula is C24H21F3N2O2. The molecule has 0 saturated heterocycles. The third-order valence-electron chi connectivity index (χ3n) is 5.05. The predicted octanol–water partition coefficient (Wildman–Crippen LogP) is 5.35. The molecule has 0 spiro atoms. The Labute approximate surface area is 178 Å². The van der Waals surface area contributed by atoms with E-state index in [1.54, 1.807) is 37.3 Å². The first-order valence-corrected chi connectivity index (χ1v) is 9.80. The second-order valence-corrected chi connectivity index (χ2v) is 7.06. The summed E-state index contributed by atoms with van der Waals surface area (Å²) in [5.74, 6) is -3.19. The molecule has 0 aliphatic carbocycles. The van der Waals surface area contributed by atoms with E-state index in [1.165, 1.54) is 31.4 Å². The normalized spacial score (nSPS) is 10.7. The van der Waals surface area contributed by atoms with E-state index in [9.17, 15) is 22.8 Å². The topological polar surface area (TPSA) is 50.3 Å². The standard InChI is InChI=1S/C24H21F3N2O2/c1-3-22(31)29(2)19-11-10-18(23(26)24(19)27)16-6-8-17(9-7-16)20(30)12-4-15-5-13-21(25)28-14-15/h5-11,13-14H,3-4,12H2,1-2H3. The predicted molar refractivity (Wildman–Crippen MR) is 112 cm³/mol. The lowest BCUT2D eigenvalue weighted by atomic mass is 9.99. The zero-order valence-corrected chi connectivity index (χ0v) is 17.2. The summed E-state index contributed by atoms with van der Waals surface area (Å²) in [4.78, 5) is 28.8. The van der Waals surface area contributed by atoms with Gasteiger partial charge in [0.05, 0.1) is 5.69 Å². The Morgan fingerprint density at radius 1 is 0.935 bits per heavy atom. The van der Waals surface area contributed by atoms with E-state index in [2.05, 4.69) is 4.98 Å². The van der Waals surface area contributed by atoms with Gasteiger partial charge in [-0.2, -0.15) is 4.39 Å². The average Bonchev–Trinajstić information content (AvgIpc) is 2.79. The van der Waals surface area contributed by atoms with Crippen molar-refractivity contribution in [3.8, 4) is 11.1 Å². The molecule has 0 bridgehead atoms. The van der Waals surface area contributed by atoms with Crippen molar-refractivity contribution >= 4 is 17.4 Å². The molecule has 2 aromatic carbocycles. The van der Waals surface area contributed by atoms with Gasteiger partial charge in [0, 0.05) is 37.2 Å². The number of pyridine rings is 1. The van der Waals surface area contributed by atoms with Crippen LogP contribution in [-0.4, -0.2) is 23.7 Å². The average molecular weight is 426 g/mol. The lowest BCUT2D eigenvalue weighted by molar-refractivity contribution is -0.118. The summed E-state index contributed by atoms with van der Waals surface area (Å²) in [7, 11) is 1.39. The molecule has 0 radical (unpaired) electrons. The van der Waals surface area contributed by atoms with E-state index in [4.69, 9.17) is 0 Å². The first kappa shape index (κ1) is 22.2. The molecule has 1 heterocycles. The van der Waals surface area contributed by atoms with E-state index < -0.39 is 17.6 Å². The second-order valence-electron chi connectivity index (χ2n) is 7.06. The summed E-state index contributed by atoms with van der Waals surface area (Å²) in [6.45, 7) is 1.64. The van der Waals surface area contributed by atoms with Gasteiger partial charge in [-0.1, -0.05) is 37.3 Å². The Kier molecular flexibility index (Phi) is 6.84. The fourth-order valence-corrected chi connectivity index (χ4v) is 3.18. The van der Waals surface area contributed by atoms with Gasteiger partial charge in [-0.05, 0) is 35.7 Å². The van der Waals surface area contributed by atoms with Crippen molar-refractivity contribution < 1.29 is 22.8 Å². The van der Waals surface area contributed by atoms with Gasteiger partial charge < -0.3 is 4.90 Å². The smallest absolute Gasteiger partial charge is 0.226 e. The minimum atomic E-state index is -1.10. The van der Waals surface area contributed by atoms with Crippen molar-refractivity contribution in [3.05, 3.63) is 83.4 Å². The molecule has 0 saturated carbocycles. The zero-order valence-electron chi connectivity index (χ0n) is 17.2. The molecule has 0 aliphatic heterocycles. The third-order valence-corrected chi connectivity index (χ3v) is 5.05. The number of aryl methyl sites for hydroxylation is 1. The van der Waals surface area contributed by atoms with Gasteiger partial charge in [-0.25, -0.2) is 13.8 Å². The molecule has 3 aromatic rings. The maximum atomic E-state index is 14.7. The Hall–Kier alpha value is -3.48. The molecule has 0 atom stereocenters. The molecular weight excluding hydrogens is 405 g/mol. The number of amides is 1. The van der Waals surface area contributed by atoms with Crippen LogP contribution in [0.3, 0.4) is 0 Å². The first-order chi connectivity index (χ1) is 14.8. The molecule has 4 nitrogen and oxygen atoms in total. The highest BCUT2D eigenvalue weighted by molar-refractivity contribution is 5.96. The summed E-state index contributed by atoms with van der Waals surface area (Å²) in [5.41, 5.74) is 1.50. The summed E-state index contributed by atoms with van der Waals surface area (Å²) < 4.78 is 42.0. The quantitative estimate of drug-likeness (QED) is 0.378. The number of nitrogens with zero attached hydrogens (tertiary/aromatic N) is 2. The van der Waals surface area contributed by atoms with Crippen LogP contribution in [-0.2, 0) is 11.2 Å². The highest BCUT2D eigenvalue weighted by atomic mass is 19.2. The number of Topliss-reactive ketones (excluding diaryl/α,β-unsaturated/α-hetero) is 1. The van der Waals surface area contributed by atoms with Crippen molar-refractivity contribution in [2.45, 2.75) is 26.2 Å². The first-order valence-electron chi connectivity index (χ1n) is 9.80. The molecule has 0 aliphatic rings. The van der Waals surface area contributed by atoms with Gasteiger partial charge in [-0.3, -0.25) is 9.59 Å². The van der Waals surface area contributed by atoms with Crippen molar-refractivity contribution in [1.29, 1.82) is 0 Å². The number of hydrogen-bond donors (Lipinski definition) is 0. The van der Waals surface area contributed by atoms with Crippen LogP contribution >= 0.6 is 0 Å². The van der Waals surface area contributed by atoms with Crippen molar-refractivity contribution in [2.24, 2.45) is 0 Å². The van der Waals surface area contributed by atoms with Crippen LogP contribution in [0.15, 0.2) is 54.7 Å². The third kappa shape index (κ3) is 4.99. The fourth-order valence-electron chi connectivity index (χ4n) is 3.18. The van der Waals surface area contributed by atoms with E-state index in [0.717, 1.165) is 10.5 Å². The van der Waals surface area contributed by atoms with Crippen LogP contribution < -0.4 is 4.90 Å². The molecule has 7 heteroatoms. The summed E-state index contributed by atoms with van der Waals surface area (Å²) in [6, 6.07) is 11.8. The number of rotatable bonds is 7. The number of anilines is 1. The van der Waals surface area contributed by atoms with Gasteiger partial charge in [0.25, 0.3) is 0 Å². The van der Waals surface area contributed by atoms with Crippen LogP contribution in [0.1, 0.15) is 35.7 Å². The van der Waals surface area contributed by atoms with Crippen molar-refractivity contribution in [3.63, 3.8) is 0 Å². The molecule has 0 unspecified atom stereocenters. The molecule has 0 fully saturated rings. The molecule has 3 rings (SSSR count). The Bertz CT molecular complexity index is 1100. The number of carbonyl (C=O) groups excluding carboxylic acids is 2. The monoisotopic (exact) mass is 426 g/mol. The second kappa shape index (κ2) is 9.55. The molecule has 1 amide bonds. The molecule has 31 heavy (non-hydrogen) atoms. The summed E-state index contributed by atoms with van der Waals surface area (Å²) in [6.07, 6.45) is 2.19. The van der Waals surface area contributed by atoms with Gasteiger partial charge in [-0.15, -0.1) is 0 Å². The van der Waals surface area contributed by atoms with Crippen LogP contribution in [0, 0.1) is 17.6 Å². The molecule has 0 N–H and O–H groups in total. The van der Waals surface area contributed by atoms with Crippen LogP contribution in [0.25, 0.3) is 11.1 Å². The van der Waals surface area contributed by atoms with E-state index >= 15 is 0 Å². The molecule has 1 aromatic heterocycles. The van der Waals surface area contributed by atoms with Gasteiger partial charge >= 0.3 is 0 Å². The minimum absolute atomic E-state index is 0.0370. The number of benzene rings is 2. The number of aromatic nitrogens is 1. The van der Waals surface area contributed by atoms with Crippen LogP contribution in [0.5, 0.6) is 0 Å². The lowest BCUT2D eigenvalue weighted by Gasteiger charge is -2.18. The zero-order chi connectivity index (χ0) is 22.5. The van der Waals surface area contributed by atoms with Gasteiger partial charge in [0.15, 0.2) is 17.4 Å². The highest BCUT2D eigenvalue weighted by Gasteiger charge is 2.20. The van der Waals surface area contributed by atoms with Crippen molar-refractivity contribution in [1.82, 2.24) is 4.98 Å². The fraction of sp³-hybridized carbons (Fsp3) is 0.208. The van der Waals surface area contributed by atoms with Gasteiger partial charge in [0.2, 0.25) is 11.9 Å². The number of ketones is 1. The van der Waals surface area contributed by atoms with Crippen LogP contribution in [0.2, 0.25) is 0 Å². The van der Waals surface area contributed by atoms with E-state index in [0.29, 0.717) is 17.5 Å². The Balaban J connectivity index is 1.74. The number of hydrogen-bond acceptors (Lipinski definition) is 3. The summed E-state index contributed by atoms with van der Waals surface area (Å²) in [5, 5.41) is 0. The van der Waals surface area contributed by atoms with E-state index in [-0.39, 0.29) is 35.8 Å². The number of carbonyl (C=O) groups is 2. The van der Waals surface area contributed by atoms with E-state index in [1.807, 2.05) is 0 Å². The number of halogens is 3. The SMILES string of the molecule is CCC(=O)N(C)c1ccc(-c2ccc(C(=O)CCc3ccc(F)nc3)cc2)c(F)c1F. The Morgan fingerprint density at radius 2 is 1.65 bits per heavy atom. The summed E-state index contributed by atoms with van der Waals surface area (Å²) >= 11 is 0. The maximum absolute atomic E-state index is 14.7. The largest absolute Gasteiger partial charge is 0.313 e. The highest BCUT2D eigenvalue weighted by Crippen LogP contribution is 2.30. The van der Waals surface area contributed by atoms with Gasteiger partial charge in [0.1, 0.15) is 0 Å². The molecule has 160 valence electrons. The lowest BCUT2D eigenvalue weighted by Crippen LogP contribution is -2.26. The van der Waals surface area contributed by atoms with Crippen LogP contribution in [0.4, 0.5) is 18.9 Å². The Morgan fingerprint density at radius 3 is 2.26 bits per heavy atom. The van der Waals surface area contributed by atoms with Crippen molar-refractivity contribution in [2.75, 3.05) is 11.9 Å². The minimum Gasteiger partial charge on any atom is -0.313 e. The maximum Gasteiger partial charge on any atom is 0.226 e.